The molecule has 2 heteroatoms. The summed E-state index contributed by atoms with van der Waals surface area (Å²) in [4.78, 5) is 13.2. The van der Waals surface area contributed by atoms with Gasteiger partial charge in [-0.1, -0.05) is 67.7 Å². The fourth-order valence-corrected chi connectivity index (χ4v) is 3.78. The van der Waals surface area contributed by atoms with Gasteiger partial charge in [0, 0.05) is 5.41 Å². The molecule has 1 aliphatic carbocycles. The molecule has 1 saturated carbocycles. The molecular formula is C20H38O2. The molecule has 0 heterocycles. The van der Waals surface area contributed by atoms with E-state index < -0.39 is 0 Å². The lowest BCUT2D eigenvalue weighted by Crippen LogP contribution is -2.48. The lowest BCUT2D eigenvalue weighted by atomic mass is 9.58. The number of rotatable bonds is 5. The highest BCUT2D eigenvalue weighted by Crippen LogP contribution is 2.48. The van der Waals surface area contributed by atoms with Crippen molar-refractivity contribution in [2.75, 3.05) is 0 Å². The fourth-order valence-electron chi connectivity index (χ4n) is 3.78. The third-order valence-corrected chi connectivity index (χ3v) is 5.40. The molecule has 0 saturated heterocycles. The predicted octanol–water partition coefficient (Wildman–Crippen LogP) is 5.78. The van der Waals surface area contributed by atoms with Crippen LogP contribution in [0, 0.1) is 16.2 Å². The average molecular weight is 311 g/mol. The van der Waals surface area contributed by atoms with Gasteiger partial charge in [0.2, 0.25) is 0 Å². The smallest absolute Gasteiger partial charge is 0.167 e. The van der Waals surface area contributed by atoms with E-state index >= 15 is 0 Å². The van der Waals surface area contributed by atoms with Gasteiger partial charge in [-0.2, -0.15) is 0 Å². The van der Waals surface area contributed by atoms with E-state index in [4.69, 9.17) is 4.74 Å². The molecule has 0 aromatic rings. The minimum absolute atomic E-state index is 0.0679. The van der Waals surface area contributed by atoms with Crippen molar-refractivity contribution >= 4 is 5.78 Å². The van der Waals surface area contributed by atoms with Crippen LogP contribution < -0.4 is 0 Å². The Kier molecular flexibility index (Phi) is 6.29. The molecule has 0 aromatic heterocycles. The van der Waals surface area contributed by atoms with Gasteiger partial charge in [-0.3, -0.25) is 4.79 Å². The minimum Gasteiger partial charge on any atom is -0.367 e. The summed E-state index contributed by atoms with van der Waals surface area (Å²) in [5, 5.41) is 0. The van der Waals surface area contributed by atoms with Gasteiger partial charge in [0.1, 0.15) is 6.10 Å². The molecule has 2 unspecified atom stereocenters. The molecule has 2 atom stereocenters. The number of ether oxygens (including phenoxy) is 1. The Balaban J connectivity index is 2.86. The van der Waals surface area contributed by atoms with Gasteiger partial charge in [-0.15, -0.1) is 0 Å². The lowest BCUT2D eigenvalue weighted by molar-refractivity contribution is -0.152. The predicted molar refractivity (Wildman–Crippen MR) is 94.1 cm³/mol. The first kappa shape index (κ1) is 19.7. The van der Waals surface area contributed by atoms with Crippen LogP contribution >= 0.6 is 0 Å². The van der Waals surface area contributed by atoms with Gasteiger partial charge in [-0.25, -0.2) is 0 Å². The Morgan fingerprint density at radius 2 is 1.50 bits per heavy atom. The van der Waals surface area contributed by atoms with Crippen molar-refractivity contribution in [3.8, 4) is 0 Å². The van der Waals surface area contributed by atoms with Gasteiger partial charge in [0.25, 0.3) is 0 Å². The van der Waals surface area contributed by atoms with Crippen molar-refractivity contribution in [3.05, 3.63) is 0 Å². The molecule has 0 N–H and O–H groups in total. The largest absolute Gasteiger partial charge is 0.367 e. The first-order valence-electron chi connectivity index (χ1n) is 9.07. The van der Waals surface area contributed by atoms with Gasteiger partial charge in [-0.05, 0) is 37.0 Å². The molecule has 1 fully saturated rings. The summed E-state index contributed by atoms with van der Waals surface area (Å²) >= 11 is 0. The van der Waals surface area contributed by atoms with E-state index in [1.165, 1.54) is 19.3 Å². The van der Waals surface area contributed by atoms with Crippen molar-refractivity contribution < 1.29 is 9.53 Å². The van der Waals surface area contributed by atoms with Crippen LogP contribution in [-0.2, 0) is 9.53 Å². The van der Waals surface area contributed by atoms with Crippen molar-refractivity contribution in [2.45, 2.75) is 106 Å². The second-order valence-corrected chi connectivity index (χ2v) is 9.72. The van der Waals surface area contributed by atoms with Crippen LogP contribution in [0.15, 0.2) is 0 Å². The first-order valence-corrected chi connectivity index (χ1v) is 9.07. The third-order valence-electron chi connectivity index (χ3n) is 5.40. The standard InChI is InChI=1S/C20H38O2/c1-15(22-16-12-10-9-11-13-16)17(21)20(8,19(5,6)7)14-18(2,3)4/h15-16H,9-14H2,1-8H3. The summed E-state index contributed by atoms with van der Waals surface area (Å²) in [5.41, 5.74) is -0.302. The Bertz CT molecular complexity index is 366. The average Bonchev–Trinajstić information content (AvgIpc) is 2.35. The van der Waals surface area contributed by atoms with Crippen molar-refractivity contribution in [3.63, 3.8) is 0 Å². The molecule has 0 aromatic carbocycles. The van der Waals surface area contributed by atoms with E-state index in [1.807, 2.05) is 6.92 Å². The molecular weight excluding hydrogens is 272 g/mol. The van der Waals surface area contributed by atoms with Crippen LogP contribution in [0.2, 0.25) is 0 Å². The van der Waals surface area contributed by atoms with E-state index in [-0.39, 0.29) is 34.2 Å². The molecule has 1 aliphatic rings. The van der Waals surface area contributed by atoms with E-state index in [1.54, 1.807) is 0 Å². The molecule has 1 rings (SSSR count). The number of carbonyl (C=O) groups excluding carboxylic acids is 1. The molecule has 22 heavy (non-hydrogen) atoms. The third kappa shape index (κ3) is 5.08. The molecule has 0 aliphatic heterocycles. The normalized spacial score (nSPS) is 22.2. The number of hydrogen-bond acceptors (Lipinski definition) is 2. The Hall–Kier alpha value is -0.370. The van der Waals surface area contributed by atoms with Crippen molar-refractivity contribution in [2.24, 2.45) is 16.2 Å². The zero-order chi connectivity index (χ0) is 17.2. The van der Waals surface area contributed by atoms with E-state index in [9.17, 15) is 4.79 Å². The maximum atomic E-state index is 13.2. The second-order valence-electron chi connectivity index (χ2n) is 9.72. The first-order chi connectivity index (χ1) is 9.87. The van der Waals surface area contributed by atoms with Crippen LogP contribution in [0.25, 0.3) is 0 Å². The van der Waals surface area contributed by atoms with Gasteiger partial charge in [0.15, 0.2) is 5.78 Å². The van der Waals surface area contributed by atoms with E-state index in [2.05, 4.69) is 48.5 Å². The number of ketones is 1. The minimum atomic E-state index is -0.362. The number of hydrogen-bond donors (Lipinski definition) is 0. The van der Waals surface area contributed by atoms with Crippen molar-refractivity contribution in [1.29, 1.82) is 0 Å². The van der Waals surface area contributed by atoms with Crippen molar-refractivity contribution in [1.82, 2.24) is 0 Å². The highest BCUT2D eigenvalue weighted by atomic mass is 16.5. The number of carbonyl (C=O) groups is 1. The Morgan fingerprint density at radius 3 is 1.91 bits per heavy atom. The Morgan fingerprint density at radius 1 is 1.00 bits per heavy atom. The zero-order valence-corrected chi connectivity index (χ0v) is 16.2. The maximum absolute atomic E-state index is 13.2. The van der Waals surface area contributed by atoms with Crippen LogP contribution in [0.5, 0.6) is 0 Å². The van der Waals surface area contributed by atoms with Gasteiger partial charge >= 0.3 is 0 Å². The lowest BCUT2D eigenvalue weighted by Gasteiger charge is -2.46. The molecule has 0 radical (unpaired) electrons. The summed E-state index contributed by atoms with van der Waals surface area (Å²) in [6, 6.07) is 0. The van der Waals surface area contributed by atoms with Gasteiger partial charge in [0.05, 0.1) is 6.10 Å². The summed E-state index contributed by atoms with van der Waals surface area (Å²) in [5.74, 6) is 0.278. The second kappa shape index (κ2) is 7.03. The molecule has 130 valence electrons. The highest BCUT2D eigenvalue weighted by molar-refractivity contribution is 5.89. The van der Waals surface area contributed by atoms with Crippen LogP contribution in [0.3, 0.4) is 0 Å². The summed E-state index contributed by atoms with van der Waals surface area (Å²) < 4.78 is 6.16. The van der Waals surface area contributed by atoms with E-state index in [0.29, 0.717) is 0 Å². The van der Waals surface area contributed by atoms with Crippen LogP contribution in [0.1, 0.15) is 93.9 Å². The number of Topliss-reactive ketones (excluding diaryl/α,β-unsaturated/α-hetero) is 1. The molecule has 0 bridgehead atoms. The van der Waals surface area contributed by atoms with Gasteiger partial charge < -0.3 is 4.74 Å². The fraction of sp³-hybridized carbons (Fsp3) is 0.950. The molecule has 0 amide bonds. The van der Waals surface area contributed by atoms with Crippen LogP contribution in [0.4, 0.5) is 0 Å². The zero-order valence-electron chi connectivity index (χ0n) is 16.2. The van der Waals surface area contributed by atoms with Crippen LogP contribution in [-0.4, -0.2) is 18.0 Å². The monoisotopic (exact) mass is 310 g/mol. The molecule has 2 nitrogen and oxygen atoms in total. The Labute approximate surface area is 138 Å². The summed E-state index contributed by atoms with van der Waals surface area (Å²) in [6.07, 6.45) is 6.90. The summed E-state index contributed by atoms with van der Waals surface area (Å²) in [6.45, 7) is 17.3. The maximum Gasteiger partial charge on any atom is 0.167 e. The summed E-state index contributed by atoms with van der Waals surface area (Å²) in [7, 11) is 0. The topological polar surface area (TPSA) is 26.3 Å². The quantitative estimate of drug-likeness (QED) is 0.643. The van der Waals surface area contributed by atoms with E-state index in [0.717, 1.165) is 19.3 Å². The SMILES string of the molecule is CC(OC1CCCCC1)C(=O)C(C)(CC(C)(C)C)C(C)(C)C. The molecule has 0 spiro atoms. The highest BCUT2D eigenvalue weighted by Gasteiger charge is 2.48.